The molecule has 2 aliphatic rings. The summed E-state index contributed by atoms with van der Waals surface area (Å²) in [5.74, 6) is 0. The lowest BCUT2D eigenvalue weighted by atomic mass is 10.0. The van der Waals surface area contributed by atoms with Crippen LogP contribution in [-0.2, 0) is 18.9 Å². The first-order valence-electron chi connectivity index (χ1n) is 9.48. The van der Waals surface area contributed by atoms with E-state index in [4.69, 9.17) is 18.9 Å². The molecule has 0 spiro atoms. The molecule has 4 atom stereocenters. The van der Waals surface area contributed by atoms with Gasteiger partial charge in [-0.2, -0.15) is 0 Å². The van der Waals surface area contributed by atoms with Crippen molar-refractivity contribution in [3.63, 3.8) is 0 Å². The molecule has 0 saturated heterocycles. The Hall–Kier alpha value is -1.46. The Kier molecular flexibility index (Phi) is 10.3. The smallest absolute Gasteiger partial charge is 0.0878 e. The van der Waals surface area contributed by atoms with Crippen molar-refractivity contribution >= 4 is 0 Å². The Balaban J connectivity index is 1.65. The SMILES string of the molecule is C=CCO[C@H]1CC=CC[C@@H]1OC/C=C/CO[C@H]1CC=CC[C@@H]1OCC=C. The van der Waals surface area contributed by atoms with Gasteiger partial charge in [0.05, 0.1) is 50.8 Å². The fraction of sp³-hybridized carbons (Fsp3) is 0.545. The summed E-state index contributed by atoms with van der Waals surface area (Å²) in [6.45, 7) is 9.66. The third-order valence-electron chi connectivity index (χ3n) is 4.47. The number of rotatable bonds is 12. The van der Waals surface area contributed by atoms with Gasteiger partial charge in [0.15, 0.2) is 0 Å². The quantitative estimate of drug-likeness (QED) is 0.490. The Bertz CT molecular complexity index is 450. The largest absolute Gasteiger partial charge is 0.371 e. The van der Waals surface area contributed by atoms with Crippen LogP contribution in [0.1, 0.15) is 25.7 Å². The van der Waals surface area contributed by atoms with Crippen molar-refractivity contribution < 1.29 is 18.9 Å². The van der Waals surface area contributed by atoms with Crippen LogP contribution in [-0.4, -0.2) is 50.8 Å². The van der Waals surface area contributed by atoms with Crippen LogP contribution in [0.25, 0.3) is 0 Å². The fourth-order valence-corrected chi connectivity index (χ4v) is 3.11. The van der Waals surface area contributed by atoms with E-state index in [2.05, 4.69) is 37.5 Å². The van der Waals surface area contributed by atoms with Crippen LogP contribution in [0.5, 0.6) is 0 Å². The number of hydrogen-bond acceptors (Lipinski definition) is 4. The predicted octanol–water partition coefficient (Wildman–Crippen LogP) is 4.16. The molecule has 0 heterocycles. The first kappa shape index (κ1) is 20.8. The monoisotopic (exact) mass is 360 g/mol. The molecule has 0 aromatic rings. The molecule has 0 aromatic heterocycles. The molecule has 0 aliphatic heterocycles. The van der Waals surface area contributed by atoms with Crippen molar-refractivity contribution in [1.82, 2.24) is 0 Å². The van der Waals surface area contributed by atoms with Gasteiger partial charge in [-0.15, -0.1) is 13.2 Å². The highest BCUT2D eigenvalue weighted by atomic mass is 16.5. The lowest BCUT2D eigenvalue weighted by Gasteiger charge is -2.28. The number of ether oxygens (including phenoxy) is 4. The van der Waals surface area contributed by atoms with Gasteiger partial charge in [0, 0.05) is 0 Å². The highest BCUT2D eigenvalue weighted by molar-refractivity contribution is 4.98. The molecular formula is C22H32O4. The minimum Gasteiger partial charge on any atom is -0.371 e. The lowest BCUT2D eigenvalue weighted by Crippen LogP contribution is -2.33. The Morgan fingerprint density at radius 1 is 0.577 bits per heavy atom. The second kappa shape index (κ2) is 12.8. The first-order valence-corrected chi connectivity index (χ1v) is 9.48. The molecule has 2 aliphatic carbocycles. The summed E-state index contributed by atoms with van der Waals surface area (Å²) < 4.78 is 23.5. The molecule has 0 amide bonds. The summed E-state index contributed by atoms with van der Waals surface area (Å²) in [7, 11) is 0. The summed E-state index contributed by atoms with van der Waals surface area (Å²) in [6, 6.07) is 0. The maximum atomic E-state index is 5.96. The molecule has 26 heavy (non-hydrogen) atoms. The van der Waals surface area contributed by atoms with Crippen molar-refractivity contribution in [2.75, 3.05) is 26.4 Å². The van der Waals surface area contributed by atoms with Crippen LogP contribution >= 0.6 is 0 Å². The van der Waals surface area contributed by atoms with Gasteiger partial charge < -0.3 is 18.9 Å². The van der Waals surface area contributed by atoms with Crippen molar-refractivity contribution in [2.24, 2.45) is 0 Å². The van der Waals surface area contributed by atoms with Crippen molar-refractivity contribution in [3.05, 3.63) is 61.8 Å². The van der Waals surface area contributed by atoms with E-state index in [0.717, 1.165) is 25.7 Å². The topological polar surface area (TPSA) is 36.9 Å². The standard InChI is InChI=1S/C22H32O4/c1-3-15-23-19-11-5-7-13-21(19)25-17-9-10-18-26-22-14-8-6-12-20(22)24-16-4-2/h3-10,19-22H,1-2,11-18H2/b10-9+/t19-,20-,21-,22-/m0/s1. The molecule has 0 N–H and O–H groups in total. The van der Waals surface area contributed by atoms with E-state index < -0.39 is 0 Å². The zero-order valence-corrected chi connectivity index (χ0v) is 15.6. The summed E-state index contributed by atoms with van der Waals surface area (Å²) >= 11 is 0. The number of hydrogen-bond donors (Lipinski definition) is 0. The first-order chi connectivity index (χ1) is 12.8. The maximum Gasteiger partial charge on any atom is 0.0878 e. The molecule has 2 rings (SSSR count). The van der Waals surface area contributed by atoms with Gasteiger partial charge in [-0.1, -0.05) is 48.6 Å². The Morgan fingerprint density at radius 3 is 1.19 bits per heavy atom. The van der Waals surface area contributed by atoms with Crippen LogP contribution < -0.4 is 0 Å². The average Bonchev–Trinajstić information content (AvgIpc) is 2.69. The summed E-state index contributed by atoms with van der Waals surface area (Å²) in [4.78, 5) is 0. The molecule has 0 aromatic carbocycles. The Labute approximate surface area is 157 Å². The van der Waals surface area contributed by atoms with Crippen LogP contribution in [0.3, 0.4) is 0 Å². The van der Waals surface area contributed by atoms with Gasteiger partial charge in [0.2, 0.25) is 0 Å². The van der Waals surface area contributed by atoms with E-state index in [-0.39, 0.29) is 24.4 Å². The maximum absolute atomic E-state index is 5.96. The molecule has 4 heteroatoms. The van der Waals surface area contributed by atoms with Crippen molar-refractivity contribution in [1.29, 1.82) is 0 Å². The molecular weight excluding hydrogens is 328 g/mol. The van der Waals surface area contributed by atoms with Gasteiger partial charge in [-0.25, -0.2) is 0 Å². The van der Waals surface area contributed by atoms with Gasteiger partial charge >= 0.3 is 0 Å². The van der Waals surface area contributed by atoms with Crippen LogP contribution in [0, 0.1) is 0 Å². The Morgan fingerprint density at radius 2 is 0.885 bits per heavy atom. The van der Waals surface area contributed by atoms with E-state index >= 15 is 0 Å². The zero-order chi connectivity index (χ0) is 18.5. The highest BCUT2D eigenvalue weighted by Gasteiger charge is 2.24. The van der Waals surface area contributed by atoms with Gasteiger partial charge in [-0.3, -0.25) is 0 Å². The molecule has 0 radical (unpaired) electrons. The summed E-state index contributed by atoms with van der Waals surface area (Å²) in [6.07, 6.45) is 20.2. The zero-order valence-electron chi connectivity index (χ0n) is 15.6. The normalized spacial score (nSPS) is 28.5. The van der Waals surface area contributed by atoms with Crippen LogP contribution in [0.15, 0.2) is 61.8 Å². The van der Waals surface area contributed by atoms with Gasteiger partial charge in [0.1, 0.15) is 0 Å². The second-order valence-electron chi connectivity index (χ2n) is 6.42. The van der Waals surface area contributed by atoms with Gasteiger partial charge in [0.25, 0.3) is 0 Å². The average molecular weight is 360 g/mol. The van der Waals surface area contributed by atoms with E-state index in [1.54, 1.807) is 12.2 Å². The third kappa shape index (κ3) is 7.42. The minimum atomic E-state index is 0.102. The van der Waals surface area contributed by atoms with Crippen LogP contribution in [0.2, 0.25) is 0 Å². The van der Waals surface area contributed by atoms with E-state index in [9.17, 15) is 0 Å². The van der Waals surface area contributed by atoms with E-state index in [0.29, 0.717) is 26.4 Å². The second-order valence-corrected chi connectivity index (χ2v) is 6.42. The molecule has 0 fully saturated rings. The van der Waals surface area contributed by atoms with E-state index in [1.165, 1.54) is 0 Å². The summed E-state index contributed by atoms with van der Waals surface area (Å²) in [5.41, 5.74) is 0. The molecule has 144 valence electrons. The molecule has 0 unspecified atom stereocenters. The van der Waals surface area contributed by atoms with Gasteiger partial charge in [-0.05, 0) is 25.7 Å². The van der Waals surface area contributed by atoms with Crippen LogP contribution in [0.4, 0.5) is 0 Å². The molecule has 0 saturated carbocycles. The van der Waals surface area contributed by atoms with Crippen molar-refractivity contribution in [2.45, 2.75) is 50.1 Å². The lowest BCUT2D eigenvalue weighted by molar-refractivity contribution is -0.0606. The minimum absolute atomic E-state index is 0.102. The predicted molar refractivity (Wildman–Crippen MR) is 105 cm³/mol. The van der Waals surface area contributed by atoms with Crippen molar-refractivity contribution in [3.8, 4) is 0 Å². The highest BCUT2D eigenvalue weighted by Crippen LogP contribution is 2.20. The summed E-state index contributed by atoms with van der Waals surface area (Å²) in [5, 5.41) is 0. The third-order valence-corrected chi connectivity index (χ3v) is 4.47. The van der Waals surface area contributed by atoms with E-state index in [1.807, 2.05) is 12.2 Å². The molecule has 0 bridgehead atoms. The fourth-order valence-electron chi connectivity index (χ4n) is 3.11. The molecule has 4 nitrogen and oxygen atoms in total.